The summed E-state index contributed by atoms with van der Waals surface area (Å²) in [4.78, 5) is 18.6. The van der Waals surface area contributed by atoms with Gasteiger partial charge < -0.3 is 10.6 Å². The predicted molar refractivity (Wildman–Crippen MR) is 84.4 cm³/mol. The lowest BCUT2D eigenvalue weighted by molar-refractivity contribution is 0.0703. The number of aromatic nitrogens is 1. The summed E-state index contributed by atoms with van der Waals surface area (Å²) in [6.07, 6.45) is 2.52. The standard InChI is InChI=1S/C16H18FN3OS/c17-12-5-3-11(4-6-12)8-15-19-14(10-22-15)16(21)20-7-1-2-13(18)9-20/h3-6,10,13H,1-2,7-9,18H2. The molecule has 0 bridgehead atoms. The quantitative estimate of drug-likeness (QED) is 0.945. The maximum atomic E-state index is 12.9. The van der Waals surface area contributed by atoms with Crippen molar-refractivity contribution in [2.24, 2.45) is 5.73 Å². The number of amides is 1. The molecule has 3 rings (SSSR count). The third-order valence-electron chi connectivity index (χ3n) is 3.78. The summed E-state index contributed by atoms with van der Waals surface area (Å²) in [7, 11) is 0. The number of nitrogens with zero attached hydrogens (tertiary/aromatic N) is 2. The van der Waals surface area contributed by atoms with Crippen molar-refractivity contribution in [2.75, 3.05) is 13.1 Å². The van der Waals surface area contributed by atoms with Crippen LogP contribution in [-0.2, 0) is 6.42 Å². The maximum Gasteiger partial charge on any atom is 0.273 e. The summed E-state index contributed by atoms with van der Waals surface area (Å²) in [6.45, 7) is 1.35. The van der Waals surface area contributed by atoms with Crippen LogP contribution in [0.1, 0.15) is 33.9 Å². The minimum Gasteiger partial charge on any atom is -0.336 e. The molecule has 1 aliphatic heterocycles. The number of hydrogen-bond acceptors (Lipinski definition) is 4. The van der Waals surface area contributed by atoms with Crippen LogP contribution in [0.4, 0.5) is 4.39 Å². The van der Waals surface area contributed by atoms with E-state index >= 15 is 0 Å². The molecule has 1 unspecified atom stereocenters. The Kier molecular flexibility index (Phi) is 4.49. The molecule has 0 spiro atoms. The first-order chi connectivity index (χ1) is 10.6. The zero-order valence-corrected chi connectivity index (χ0v) is 13.0. The Labute approximate surface area is 132 Å². The van der Waals surface area contributed by atoms with Gasteiger partial charge in [-0.2, -0.15) is 0 Å². The zero-order valence-electron chi connectivity index (χ0n) is 12.2. The first kappa shape index (κ1) is 15.1. The van der Waals surface area contributed by atoms with E-state index in [4.69, 9.17) is 5.73 Å². The van der Waals surface area contributed by atoms with E-state index in [1.807, 2.05) is 0 Å². The number of piperidine rings is 1. The number of carbonyl (C=O) groups is 1. The highest BCUT2D eigenvalue weighted by Crippen LogP contribution is 2.18. The van der Waals surface area contributed by atoms with Crippen molar-refractivity contribution in [3.8, 4) is 0 Å². The Morgan fingerprint density at radius 2 is 2.18 bits per heavy atom. The molecule has 1 atom stereocenters. The van der Waals surface area contributed by atoms with E-state index in [0.717, 1.165) is 30.0 Å². The van der Waals surface area contributed by atoms with E-state index in [1.165, 1.54) is 23.5 Å². The van der Waals surface area contributed by atoms with Gasteiger partial charge in [-0.05, 0) is 30.5 Å². The second-order valence-electron chi connectivity index (χ2n) is 5.58. The van der Waals surface area contributed by atoms with Crippen LogP contribution in [0.25, 0.3) is 0 Å². The average Bonchev–Trinajstić information content (AvgIpc) is 2.97. The van der Waals surface area contributed by atoms with Gasteiger partial charge in [0.1, 0.15) is 11.5 Å². The average molecular weight is 319 g/mol. The van der Waals surface area contributed by atoms with Crippen molar-refractivity contribution >= 4 is 17.2 Å². The highest BCUT2D eigenvalue weighted by Gasteiger charge is 2.24. The van der Waals surface area contributed by atoms with Gasteiger partial charge in [-0.1, -0.05) is 12.1 Å². The van der Waals surface area contributed by atoms with E-state index in [1.54, 1.807) is 22.4 Å². The molecular weight excluding hydrogens is 301 g/mol. The molecule has 0 radical (unpaired) electrons. The molecule has 1 aromatic carbocycles. The van der Waals surface area contributed by atoms with Crippen LogP contribution < -0.4 is 5.73 Å². The number of benzene rings is 1. The number of carbonyl (C=O) groups excluding carboxylic acids is 1. The largest absolute Gasteiger partial charge is 0.336 e. The van der Waals surface area contributed by atoms with E-state index in [0.29, 0.717) is 18.7 Å². The Balaban J connectivity index is 1.67. The molecule has 116 valence electrons. The molecule has 6 heteroatoms. The van der Waals surface area contributed by atoms with Gasteiger partial charge in [0, 0.05) is 30.9 Å². The zero-order chi connectivity index (χ0) is 15.5. The van der Waals surface area contributed by atoms with E-state index in [-0.39, 0.29) is 17.8 Å². The summed E-state index contributed by atoms with van der Waals surface area (Å²) in [6, 6.07) is 6.41. The van der Waals surface area contributed by atoms with Crippen molar-refractivity contribution in [3.05, 3.63) is 51.7 Å². The molecule has 2 N–H and O–H groups in total. The Hall–Kier alpha value is -1.79. The van der Waals surface area contributed by atoms with Gasteiger partial charge >= 0.3 is 0 Å². The normalized spacial score (nSPS) is 18.5. The fourth-order valence-electron chi connectivity index (χ4n) is 2.62. The third kappa shape index (κ3) is 3.51. The highest BCUT2D eigenvalue weighted by atomic mass is 32.1. The first-order valence-electron chi connectivity index (χ1n) is 7.35. The van der Waals surface area contributed by atoms with Gasteiger partial charge in [0.15, 0.2) is 0 Å². The Morgan fingerprint density at radius 1 is 1.41 bits per heavy atom. The fourth-order valence-corrected chi connectivity index (χ4v) is 3.43. The Bertz CT molecular complexity index is 656. The molecule has 1 saturated heterocycles. The van der Waals surface area contributed by atoms with Crippen molar-refractivity contribution < 1.29 is 9.18 Å². The molecule has 1 aromatic heterocycles. The number of halogens is 1. The van der Waals surface area contributed by atoms with E-state index in [9.17, 15) is 9.18 Å². The van der Waals surface area contributed by atoms with Crippen molar-refractivity contribution in [2.45, 2.75) is 25.3 Å². The minimum atomic E-state index is -0.250. The van der Waals surface area contributed by atoms with Crippen LogP contribution in [0.5, 0.6) is 0 Å². The maximum absolute atomic E-state index is 12.9. The Morgan fingerprint density at radius 3 is 2.91 bits per heavy atom. The fraction of sp³-hybridized carbons (Fsp3) is 0.375. The summed E-state index contributed by atoms with van der Waals surface area (Å²) in [5, 5.41) is 2.65. The molecular formula is C16H18FN3OS. The summed E-state index contributed by atoms with van der Waals surface area (Å²) in [5.41, 5.74) is 7.38. The molecule has 0 saturated carbocycles. The third-order valence-corrected chi connectivity index (χ3v) is 4.63. The lowest BCUT2D eigenvalue weighted by Gasteiger charge is -2.30. The van der Waals surface area contributed by atoms with Crippen LogP contribution in [0.3, 0.4) is 0 Å². The minimum absolute atomic E-state index is 0.0447. The molecule has 0 aliphatic carbocycles. The lowest BCUT2D eigenvalue weighted by atomic mass is 10.1. The van der Waals surface area contributed by atoms with Crippen molar-refractivity contribution in [1.29, 1.82) is 0 Å². The second-order valence-corrected chi connectivity index (χ2v) is 6.53. The number of thiazole rings is 1. The van der Waals surface area contributed by atoms with Crippen LogP contribution in [-0.4, -0.2) is 34.9 Å². The predicted octanol–water partition coefficient (Wildman–Crippen LogP) is 2.44. The van der Waals surface area contributed by atoms with Crippen LogP contribution in [0, 0.1) is 5.82 Å². The summed E-state index contributed by atoms with van der Waals surface area (Å²) < 4.78 is 12.9. The SMILES string of the molecule is NC1CCCN(C(=O)c2csc(Cc3ccc(F)cc3)n2)C1. The number of nitrogens with two attached hydrogens (primary N) is 1. The van der Waals surface area contributed by atoms with Crippen molar-refractivity contribution in [1.82, 2.24) is 9.88 Å². The second kappa shape index (κ2) is 6.54. The highest BCUT2D eigenvalue weighted by molar-refractivity contribution is 7.09. The van der Waals surface area contributed by atoms with Crippen LogP contribution in [0.15, 0.2) is 29.6 Å². The monoisotopic (exact) mass is 319 g/mol. The van der Waals surface area contributed by atoms with Gasteiger partial charge in [-0.15, -0.1) is 11.3 Å². The number of rotatable bonds is 3. The van der Waals surface area contributed by atoms with Crippen LogP contribution in [0.2, 0.25) is 0 Å². The number of likely N-dealkylation sites (tertiary alicyclic amines) is 1. The molecule has 1 amide bonds. The van der Waals surface area contributed by atoms with Gasteiger partial charge in [-0.3, -0.25) is 4.79 Å². The van der Waals surface area contributed by atoms with Crippen molar-refractivity contribution in [3.63, 3.8) is 0 Å². The van der Waals surface area contributed by atoms with Gasteiger partial charge in [0.05, 0.1) is 5.01 Å². The van der Waals surface area contributed by atoms with Gasteiger partial charge in [0.25, 0.3) is 5.91 Å². The van der Waals surface area contributed by atoms with Gasteiger partial charge in [-0.25, -0.2) is 9.37 Å². The first-order valence-corrected chi connectivity index (χ1v) is 8.23. The molecule has 2 heterocycles. The van der Waals surface area contributed by atoms with E-state index < -0.39 is 0 Å². The molecule has 1 fully saturated rings. The molecule has 2 aromatic rings. The smallest absolute Gasteiger partial charge is 0.273 e. The number of hydrogen-bond donors (Lipinski definition) is 1. The van der Waals surface area contributed by atoms with Gasteiger partial charge in [0.2, 0.25) is 0 Å². The molecule has 4 nitrogen and oxygen atoms in total. The van der Waals surface area contributed by atoms with Crippen LogP contribution >= 0.6 is 11.3 Å². The summed E-state index contributed by atoms with van der Waals surface area (Å²) >= 11 is 1.46. The molecule has 1 aliphatic rings. The summed E-state index contributed by atoms with van der Waals surface area (Å²) in [5.74, 6) is -0.294. The van der Waals surface area contributed by atoms with E-state index in [2.05, 4.69) is 4.98 Å². The topological polar surface area (TPSA) is 59.2 Å². The lowest BCUT2D eigenvalue weighted by Crippen LogP contribution is -2.45. The molecule has 22 heavy (non-hydrogen) atoms.